The summed E-state index contributed by atoms with van der Waals surface area (Å²) in [6.45, 7) is 5.66. The first kappa shape index (κ1) is 19.0. The Morgan fingerprint density at radius 1 is 1.14 bits per heavy atom. The standard InChI is InChI=1S/C21H23ClN4OS/c1-15-7-8-17(22)19-18(15)24-21(28-19)26-13-11-25(12-14-26)20(27)23-10-9-16-5-3-2-4-6-16/h2-8H,9-14H2,1H3,(H,23,27). The number of urea groups is 1. The molecule has 1 aliphatic rings. The first-order valence-electron chi connectivity index (χ1n) is 9.49. The molecular weight excluding hydrogens is 392 g/mol. The van der Waals surface area contributed by atoms with Crippen LogP contribution in [0.3, 0.4) is 0 Å². The lowest BCUT2D eigenvalue weighted by atomic mass is 10.1. The summed E-state index contributed by atoms with van der Waals surface area (Å²) < 4.78 is 1.04. The molecule has 0 saturated carbocycles. The highest BCUT2D eigenvalue weighted by atomic mass is 35.5. The van der Waals surface area contributed by atoms with Gasteiger partial charge >= 0.3 is 6.03 Å². The molecule has 2 heterocycles. The zero-order valence-electron chi connectivity index (χ0n) is 15.8. The Hall–Kier alpha value is -2.31. The van der Waals surface area contributed by atoms with E-state index in [-0.39, 0.29) is 6.03 Å². The molecule has 1 aromatic heterocycles. The monoisotopic (exact) mass is 414 g/mol. The second-order valence-electron chi connectivity index (χ2n) is 6.98. The quantitative estimate of drug-likeness (QED) is 0.691. The molecule has 1 fully saturated rings. The van der Waals surface area contributed by atoms with E-state index < -0.39 is 0 Å². The van der Waals surface area contributed by atoms with E-state index in [2.05, 4.69) is 29.3 Å². The van der Waals surface area contributed by atoms with Gasteiger partial charge in [0, 0.05) is 32.7 Å². The van der Waals surface area contributed by atoms with Gasteiger partial charge in [0.1, 0.15) is 0 Å². The molecule has 1 saturated heterocycles. The number of anilines is 1. The fourth-order valence-electron chi connectivity index (χ4n) is 3.40. The number of fused-ring (bicyclic) bond motifs is 1. The Morgan fingerprint density at radius 3 is 2.61 bits per heavy atom. The van der Waals surface area contributed by atoms with Gasteiger partial charge < -0.3 is 15.1 Å². The van der Waals surface area contributed by atoms with Crippen molar-refractivity contribution in [3.63, 3.8) is 0 Å². The minimum atomic E-state index is 0.0127. The number of hydrogen-bond donors (Lipinski definition) is 1. The number of rotatable bonds is 4. The van der Waals surface area contributed by atoms with E-state index in [0.29, 0.717) is 19.6 Å². The van der Waals surface area contributed by atoms with Crippen LogP contribution in [0.25, 0.3) is 10.2 Å². The second-order valence-corrected chi connectivity index (χ2v) is 8.36. The van der Waals surface area contributed by atoms with E-state index in [1.807, 2.05) is 35.2 Å². The van der Waals surface area contributed by atoms with Gasteiger partial charge in [0.05, 0.1) is 15.2 Å². The van der Waals surface area contributed by atoms with Gasteiger partial charge in [-0.25, -0.2) is 9.78 Å². The van der Waals surface area contributed by atoms with Crippen LogP contribution >= 0.6 is 22.9 Å². The Labute approximate surface area is 173 Å². The first-order chi connectivity index (χ1) is 13.6. The maximum absolute atomic E-state index is 12.4. The fourth-order valence-corrected chi connectivity index (χ4v) is 4.77. The molecule has 7 heteroatoms. The number of carbonyl (C=O) groups is 1. The number of nitrogens with zero attached hydrogens (tertiary/aromatic N) is 3. The van der Waals surface area contributed by atoms with Crippen molar-refractivity contribution in [3.05, 3.63) is 58.6 Å². The molecule has 5 nitrogen and oxygen atoms in total. The largest absolute Gasteiger partial charge is 0.345 e. The van der Waals surface area contributed by atoms with Gasteiger partial charge in [-0.1, -0.05) is 59.3 Å². The van der Waals surface area contributed by atoms with E-state index in [0.717, 1.165) is 45.4 Å². The van der Waals surface area contributed by atoms with Crippen molar-refractivity contribution in [2.45, 2.75) is 13.3 Å². The Kier molecular flexibility index (Phi) is 5.69. The van der Waals surface area contributed by atoms with E-state index in [9.17, 15) is 4.79 Å². The van der Waals surface area contributed by atoms with Crippen molar-refractivity contribution in [3.8, 4) is 0 Å². The Morgan fingerprint density at radius 2 is 1.89 bits per heavy atom. The van der Waals surface area contributed by atoms with Gasteiger partial charge in [0.15, 0.2) is 5.13 Å². The lowest BCUT2D eigenvalue weighted by Gasteiger charge is -2.34. The van der Waals surface area contributed by atoms with Gasteiger partial charge in [-0.05, 0) is 30.5 Å². The molecule has 0 spiro atoms. The molecule has 3 aromatic rings. The highest BCUT2D eigenvalue weighted by Gasteiger charge is 2.23. The maximum Gasteiger partial charge on any atom is 0.317 e. The van der Waals surface area contributed by atoms with Crippen LogP contribution < -0.4 is 10.2 Å². The first-order valence-corrected chi connectivity index (χ1v) is 10.7. The van der Waals surface area contributed by atoms with Crippen molar-refractivity contribution in [2.75, 3.05) is 37.6 Å². The topological polar surface area (TPSA) is 48.5 Å². The summed E-state index contributed by atoms with van der Waals surface area (Å²) >= 11 is 7.96. The highest BCUT2D eigenvalue weighted by molar-refractivity contribution is 7.22. The normalized spacial score (nSPS) is 14.5. The van der Waals surface area contributed by atoms with Crippen LogP contribution in [0.15, 0.2) is 42.5 Å². The third-order valence-electron chi connectivity index (χ3n) is 5.06. The average molecular weight is 415 g/mol. The van der Waals surface area contributed by atoms with Crippen LogP contribution in [0, 0.1) is 6.92 Å². The zero-order valence-corrected chi connectivity index (χ0v) is 17.4. The minimum Gasteiger partial charge on any atom is -0.345 e. The van der Waals surface area contributed by atoms with Crippen LogP contribution in [0.2, 0.25) is 5.02 Å². The maximum atomic E-state index is 12.4. The molecule has 4 rings (SSSR count). The van der Waals surface area contributed by atoms with Crippen LogP contribution in [0.4, 0.5) is 9.93 Å². The van der Waals surface area contributed by atoms with Gasteiger partial charge in [0.2, 0.25) is 0 Å². The smallest absolute Gasteiger partial charge is 0.317 e. The zero-order chi connectivity index (χ0) is 19.5. The number of benzene rings is 2. The molecule has 2 aromatic carbocycles. The Balaban J connectivity index is 1.31. The summed E-state index contributed by atoms with van der Waals surface area (Å²) in [7, 11) is 0. The SMILES string of the molecule is Cc1ccc(Cl)c2sc(N3CCN(C(=O)NCCc4ccccc4)CC3)nc12. The van der Waals surface area contributed by atoms with Crippen molar-refractivity contribution >= 4 is 44.3 Å². The molecule has 1 N–H and O–H groups in total. The fraction of sp³-hybridized carbons (Fsp3) is 0.333. The van der Waals surface area contributed by atoms with Crippen molar-refractivity contribution in [2.24, 2.45) is 0 Å². The average Bonchev–Trinajstić information content (AvgIpc) is 3.19. The molecular formula is C21H23ClN4OS. The minimum absolute atomic E-state index is 0.0127. The van der Waals surface area contributed by atoms with Gasteiger partial charge in [-0.15, -0.1) is 0 Å². The van der Waals surface area contributed by atoms with E-state index in [4.69, 9.17) is 16.6 Å². The lowest BCUT2D eigenvalue weighted by Crippen LogP contribution is -2.52. The third kappa shape index (κ3) is 4.08. The van der Waals surface area contributed by atoms with Crippen molar-refractivity contribution in [1.82, 2.24) is 15.2 Å². The van der Waals surface area contributed by atoms with Crippen LogP contribution in [-0.4, -0.2) is 48.6 Å². The summed E-state index contributed by atoms with van der Waals surface area (Å²) in [5, 5.41) is 4.76. The molecule has 0 aliphatic carbocycles. The molecule has 0 unspecified atom stereocenters. The summed E-state index contributed by atoms with van der Waals surface area (Å²) in [6.07, 6.45) is 0.846. The molecule has 2 amide bonds. The summed E-state index contributed by atoms with van der Waals surface area (Å²) in [5.41, 5.74) is 3.35. The molecule has 146 valence electrons. The molecule has 0 atom stereocenters. The number of aryl methyl sites for hydroxylation is 1. The summed E-state index contributed by atoms with van der Waals surface area (Å²) in [6, 6.07) is 14.2. The molecule has 1 aliphatic heterocycles. The van der Waals surface area contributed by atoms with Gasteiger partial charge in [0.25, 0.3) is 0 Å². The number of aromatic nitrogens is 1. The van der Waals surface area contributed by atoms with Crippen molar-refractivity contribution < 1.29 is 4.79 Å². The summed E-state index contributed by atoms with van der Waals surface area (Å²) in [4.78, 5) is 21.3. The van der Waals surface area contributed by atoms with E-state index in [1.165, 1.54) is 5.56 Å². The van der Waals surface area contributed by atoms with E-state index in [1.54, 1.807) is 11.3 Å². The number of halogens is 1. The number of hydrogen-bond acceptors (Lipinski definition) is 4. The molecule has 0 bridgehead atoms. The Bertz CT molecular complexity index is 928. The second kappa shape index (κ2) is 8.37. The van der Waals surface area contributed by atoms with E-state index >= 15 is 0 Å². The lowest BCUT2D eigenvalue weighted by molar-refractivity contribution is 0.194. The van der Waals surface area contributed by atoms with Crippen molar-refractivity contribution in [1.29, 1.82) is 0 Å². The number of piperazine rings is 1. The van der Waals surface area contributed by atoms with Crippen LogP contribution in [-0.2, 0) is 6.42 Å². The van der Waals surface area contributed by atoms with Gasteiger partial charge in [-0.3, -0.25) is 0 Å². The van der Waals surface area contributed by atoms with Gasteiger partial charge in [-0.2, -0.15) is 0 Å². The number of amides is 2. The highest BCUT2D eigenvalue weighted by Crippen LogP contribution is 2.35. The molecule has 28 heavy (non-hydrogen) atoms. The predicted molar refractivity (Wildman–Crippen MR) is 117 cm³/mol. The number of carbonyl (C=O) groups excluding carboxylic acids is 1. The number of nitrogens with one attached hydrogen (secondary N) is 1. The predicted octanol–water partition coefficient (Wildman–Crippen LogP) is 4.33. The van der Waals surface area contributed by atoms with Crippen LogP contribution in [0.1, 0.15) is 11.1 Å². The number of thiazole rings is 1. The third-order valence-corrected chi connectivity index (χ3v) is 6.63. The molecule has 0 radical (unpaired) electrons. The van der Waals surface area contributed by atoms with Crippen LogP contribution in [0.5, 0.6) is 0 Å². The summed E-state index contributed by atoms with van der Waals surface area (Å²) in [5.74, 6) is 0.